The Kier molecular flexibility index (Phi) is 3.80. The Bertz CT molecular complexity index is 320. The molecule has 0 bridgehead atoms. The van der Waals surface area contributed by atoms with Gasteiger partial charge in [0.2, 0.25) is 0 Å². The molecule has 14 heavy (non-hydrogen) atoms. The van der Waals surface area contributed by atoms with Gasteiger partial charge in [-0.1, -0.05) is 30.3 Å². The smallest absolute Gasteiger partial charge is 0.351 e. The Morgan fingerprint density at radius 2 is 1.86 bits per heavy atom. The molecule has 2 N–H and O–H groups in total. The molecule has 5 nitrogen and oxygen atoms in total. The first-order valence-corrected chi connectivity index (χ1v) is 5.37. The second kappa shape index (κ2) is 4.68. The van der Waals surface area contributed by atoms with Crippen molar-refractivity contribution in [3.8, 4) is 0 Å². The highest BCUT2D eigenvalue weighted by Crippen LogP contribution is 2.42. The maximum Gasteiger partial charge on any atom is 0.472 e. The molecule has 6 heteroatoms. The van der Waals surface area contributed by atoms with Crippen molar-refractivity contribution in [2.24, 2.45) is 0 Å². The lowest BCUT2D eigenvalue weighted by atomic mass is 10.2. The van der Waals surface area contributed by atoms with Gasteiger partial charge in [0.1, 0.15) is 0 Å². The second-order valence-electron chi connectivity index (χ2n) is 2.57. The molecule has 0 radical (unpaired) electrons. The number of benzene rings is 1. The summed E-state index contributed by atoms with van der Waals surface area (Å²) in [6.07, 6.45) is -1.04. The summed E-state index contributed by atoms with van der Waals surface area (Å²) in [4.78, 5) is 17.2. The van der Waals surface area contributed by atoms with Crippen LogP contribution in [0.2, 0.25) is 0 Å². The molecule has 0 saturated heterocycles. The van der Waals surface area contributed by atoms with Gasteiger partial charge in [-0.25, -0.2) is 4.57 Å². The van der Waals surface area contributed by atoms with Gasteiger partial charge in [0.15, 0.2) is 6.29 Å². The molecule has 0 heterocycles. The molecule has 0 aliphatic carbocycles. The molecule has 1 unspecified atom stereocenters. The molecule has 0 aliphatic rings. The first kappa shape index (κ1) is 11.4. The van der Waals surface area contributed by atoms with Crippen molar-refractivity contribution in [1.29, 1.82) is 0 Å². The molecule has 0 spiro atoms. The average Bonchev–Trinajstić information content (AvgIpc) is 2.14. The highest BCUT2D eigenvalue weighted by atomic mass is 31.2. The number of phosphoric ester groups is 1. The van der Waals surface area contributed by atoms with Crippen LogP contribution in [0.5, 0.6) is 0 Å². The van der Waals surface area contributed by atoms with Crippen molar-refractivity contribution in [1.82, 2.24) is 0 Å². The van der Waals surface area contributed by atoms with Crippen molar-refractivity contribution in [3.63, 3.8) is 0 Å². The maximum atomic E-state index is 10.6. The van der Waals surface area contributed by atoms with Gasteiger partial charge in [-0.3, -0.25) is 4.52 Å². The fourth-order valence-electron chi connectivity index (χ4n) is 0.975. The van der Waals surface area contributed by atoms with E-state index in [0.29, 0.717) is 5.56 Å². The van der Waals surface area contributed by atoms with E-state index in [1.54, 1.807) is 30.3 Å². The molecule has 0 amide bonds. The fraction of sp³-hybridized carbons (Fsp3) is 0.250. The monoisotopic (exact) mass is 218 g/mol. The Labute approximate surface area is 81.5 Å². The zero-order valence-corrected chi connectivity index (χ0v) is 8.42. The standard InChI is InChI=1S/C8H11O5P/c1-12-8(13-14(9,10)11)7-5-3-2-4-6-7/h2-6,8H,1H3,(H2,9,10,11). The predicted octanol–water partition coefficient (Wildman–Crippen LogP) is 1.44. The lowest BCUT2D eigenvalue weighted by Gasteiger charge is -2.16. The van der Waals surface area contributed by atoms with Crippen molar-refractivity contribution >= 4 is 7.82 Å². The van der Waals surface area contributed by atoms with Crippen LogP contribution in [0.3, 0.4) is 0 Å². The SMILES string of the molecule is COC(OP(=O)(O)O)c1ccccc1. The minimum atomic E-state index is -4.53. The first-order chi connectivity index (χ1) is 6.53. The van der Waals surface area contributed by atoms with Crippen LogP contribution in [0.4, 0.5) is 0 Å². The van der Waals surface area contributed by atoms with Crippen LogP contribution in [0, 0.1) is 0 Å². The normalized spacial score (nSPS) is 13.9. The van der Waals surface area contributed by atoms with E-state index in [9.17, 15) is 4.57 Å². The fourth-order valence-corrected chi connectivity index (χ4v) is 1.43. The van der Waals surface area contributed by atoms with Crippen LogP contribution in [-0.4, -0.2) is 16.9 Å². The first-order valence-electron chi connectivity index (χ1n) is 3.84. The summed E-state index contributed by atoms with van der Waals surface area (Å²) >= 11 is 0. The van der Waals surface area contributed by atoms with E-state index in [0.717, 1.165) is 0 Å². The summed E-state index contributed by atoms with van der Waals surface area (Å²) < 4.78 is 19.8. The van der Waals surface area contributed by atoms with Gasteiger partial charge in [0.05, 0.1) is 0 Å². The molecule has 1 aromatic rings. The van der Waals surface area contributed by atoms with Gasteiger partial charge in [-0.15, -0.1) is 0 Å². The number of hydrogen-bond acceptors (Lipinski definition) is 3. The zero-order valence-electron chi connectivity index (χ0n) is 7.53. The quantitative estimate of drug-likeness (QED) is 0.590. The van der Waals surface area contributed by atoms with E-state index in [2.05, 4.69) is 4.52 Å². The van der Waals surface area contributed by atoms with Gasteiger partial charge >= 0.3 is 7.82 Å². The highest BCUT2D eigenvalue weighted by Gasteiger charge is 2.22. The molecule has 0 aliphatic heterocycles. The topological polar surface area (TPSA) is 76.0 Å². The third-order valence-corrected chi connectivity index (χ3v) is 1.98. The number of phosphoric acid groups is 1. The molecular weight excluding hydrogens is 207 g/mol. The zero-order chi connectivity index (χ0) is 10.6. The Balaban J connectivity index is 2.78. The Hall–Kier alpha value is -0.710. The lowest BCUT2D eigenvalue weighted by molar-refractivity contribution is -0.0712. The maximum absolute atomic E-state index is 10.6. The van der Waals surface area contributed by atoms with Crippen LogP contribution in [-0.2, 0) is 13.8 Å². The van der Waals surface area contributed by atoms with Gasteiger partial charge < -0.3 is 14.5 Å². The van der Waals surface area contributed by atoms with E-state index in [1.165, 1.54) is 7.11 Å². The van der Waals surface area contributed by atoms with Crippen LogP contribution in [0.25, 0.3) is 0 Å². The number of hydrogen-bond donors (Lipinski definition) is 2. The van der Waals surface area contributed by atoms with E-state index < -0.39 is 14.1 Å². The number of ether oxygens (including phenoxy) is 1. The molecule has 0 fully saturated rings. The molecule has 78 valence electrons. The molecular formula is C8H11O5P. The van der Waals surface area contributed by atoms with Gasteiger partial charge in [0, 0.05) is 12.7 Å². The summed E-state index contributed by atoms with van der Waals surface area (Å²) in [6, 6.07) is 8.55. The van der Waals surface area contributed by atoms with E-state index in [4.69, 9.17) is 14.5 Å². The van der Waals surface area contributed by atoms with E-state index in [1.807, 2.05) is 0 Å². The van der Waals surface area contributed by atoms with Gasteiger partial charge in [-0.2, -0.15) is 0 Å². The minimum absolute atomic E-state index is 0.554. The van der Waals surface area contributed by atoms with Crippen LogP contribution in [0.1, 0.15) is 11.9 Å². The van der Waals surface area contributed by atoms with Crippen LogP contribution >= 0.6 is 7.82 Å². The third-order valence-electron chi connectivity index (χ3n) is 1.52. The summed E-state index contributed by atoms with van der Waals surface area (Å²) in [5.41, 5.74) is 0.554. The van der Waals surface area contributed by atoms with Crippen molar-refractivity contribution < 1.29 is 23.6 Å². The number of methoxy groups -OCH3 is 1. The summed E-state index contributed by atoms with van der Waals surface area (Å²) in [7, 11) is -3.22. The van der Waals surface area contributed by atoms with Crippen molar-refractivity contribution in [3.05, 3.63) is 35.9 Å². The molecule has 1 aromatic carbocycles. The van der Waals surface area contributed by atoms with Crippen molar-refractivity contribution in [2.45, 2.75) is 6.29 Å². The molecule has 0 aromatic heterocycles. The Morgan fingerprint density at radius 3 is 2.29 bits per heavy atom. The third kappa shape index (κ3) is 3.57. The summed E-state index contributed by atoms with van der Waals surface area (Å²) in [5.74, 6) is 0. The van der Waals surface area contributed by atoms with Crippen molar-refractivity contribution in [2.75, 3.05) is 7.11 Å². The summed E-state index contributed by atoms with van der Waals surface area (Å²) in [6.45, 7) is 0. The number of rotatable bonds is 4. The van der Waals surface area contributed by atoms with E-state index >= 15 is 0 Å². The van der Waals surface area contributed by atoms with Crippen LogP contribution < -0.4 is 0 Å². The minimum Gasteiger partial charge on any atom is -0.351 e. The summed E-state index contributed by atoms with van der Waals surface area (Å²) in [5, 5.41) is 0. The van der Waals surface area contributed by atoms with Gasteiger partial charge in [-0.05, 0) is 0 Å². The molecule has 1 rings (SSSR count). The molecule has 0 saturated carbocycles. The average molecular weight is 218 g/mol. The lowest BCUT2D eigenvalue weighted by Crippen LogP contribution is -2.04. The van der Waals surface area contributed by atoms with E-state index in [-0.39, 0.29) is 0 Å². The predicted molar refractivity (Wildman–Crippen MR) is 49.3 cm³/mol. The highest BCUT2D eigenvalue weighted by molar-refractivity contribution is 7.46. The Morgan fingerprint density at radius 1 is 1.29 bits per heavy atom. The second-order valence-corrected chi connectivity index (χ2v) is 3.77. The molecule has 1 atom stereocenters. The van der Waals surface area contributed by atoms with Gasteiger partial charge in [0.25, 0.3) is 0 Å². The van der Waals surface area contributed by atoms with Crippen LogP contribution in [0.15, 0.2) is 30.3 Å². The largest absolute Gasteiger partial charge is 0.472 e.